The number of rotatable bonds is 5. The van der Waals surface area contributed by atoms with E-state index >= 15 is 0 Å². The van der Waals surface area contributed by atoms with Crippen molar-refractivity contribution in [3.05, 3.63) is 46.0 Å². The van der Waals surface area contributed by atoms with Gasteiger partial charge in [-0.3, -0.25) is 4.90 Å². The molecule has 1 aromatic heterocycles. The van der Waals surface area contributed by atoms with Crippen LogP contribution in [0.3, 0.4) is 0 Å². The van der Waals surface area contributed by atoms with Crippen LogP contribution in [0.25, 0.3) is 0 Å². The highest BCUT2D eigenvalue weighted by Crippen LogP contribution is 2.67. The van der Waals surface area contributed by atoms with Crippen molar-refractivity contribution in [2.45, 2.75) is 90.0 Å². The Bertz CT molecular complexity index is 1070. The summed E-state index contributed by atoms with van der Waals surface area (Å²) >= 11 is 0. The van der Waals surface area contributed by atoms with E-state index in [0.717, 1.165) is 44.8 Å². The van der Waals surface area contributed by atoms with Crippen LogP contribution in [0, 0.1) is 28.6 Å². The van der Waals surface area contributed by atoms with Gasteiger partial charge in [0.25, 0.3) is 0 Å². The topological polar surface area (TPSA) is 71.8 Å². The molecule has 0 radical (unpaired) electrons. The second kappa shape index (κ2) is 9.91. The molecule has 7 atom stereocenters. The number of hydrogen-bond acceptors (Lipinski definition) is 5. The van der Waals surface area contributed by atoms with Gasteiger partial charge in [-0.25, -0.2) is 9.59 Å². The molecule has 0 unspecified atom stereocenters. The third-order valence-corrected chi connectivity index (χ3v) is 11.4. The van der Waals surface area contributed by atoms with E-state index in [2.05, 4.69) is 30.1 Å². The number of alkyl carbamates (subject to hydrolysis) is 1. The molecule has 6 heteroatoms. The highest BCUT2D eigenvalue weighted by Gasteiger charge is 2.57. The van der Waals surface area contributed by atoms with E-state index in [-0.39, 0.29) is 23.2 Å². The van der Waals surface area contributed by atoms with Crippen LogP contribution in [0.1, 0.15) is 89.5 Å². The fourth-order valence-corrected chi connectivity index (χ4v) is 9.27. The summed E-state index contributed by atoms with van der Waals surface area (Å²) in [5, 5.41) is 3.22. The normalized spacial score (nSPS) is 39.3. The number of carbonyl (C=O) groups excluding carboxylic acids is 1. The first-order valence-electron chi connectivity index (χ1n) is 14.8. The molecule has 1 amide bonds. The molecular weight excluding hydrogens is 464 g/mol. The Kier molecular flexibility index (Phi) is 6.75. The predicted molar refractivity (Wildman–Crippen MR) is 143 cm³/mol. The van der Waals surface area contributed by atoms with Crippen LogP contribution >= 0.6 is 0 Å². The standard InChI is InChI=1S/C31H44N2O4/c1-30-13-11-23(32-29(35)36-18-17-33-15-3-4-16-33)19-22(30)6-7-24-26-9-8-25(21-5-10-28(34)37-20-21)31(26,2)14-12-27(24)30/h5,9-10,20,22-25,27H,3-4,6-8,11-19H2,1-2H3,(H,32,35)/t22-,23+,24+,25-,27+,30+,31-/m1/s1. The monoisotopic (exact) mass is 508 g/mol. The first-order chi connectivity index (χ1) is 17.9. The SMILES string of the molecule is C[C@]12CC[C@H](NC(=O)OCCN3CCCC3)C[C@H]1CC[C@H]1C3=CC[C@H](c4ccc(=O)oc4)[C@@]3(C)CC[C@@H]12. The molecule has 0 aromatic carbocycles. The quantitative estimate of drug-likeness (QED) is 0.503. The number of allylic oxidation sites excluding steroid dienone is 2. The zero-order chi connectivity index (χ0) is 25.6. The van der Waals surface area contributed by atoms with Crippen LogP contribution in [-0.4, -0.2) is 43.3 Å². The average molecular weight is 509 g/mol. The molecule has 0 bridgehead atoms. The largest absolute Gasteiger partial charge is 0.448 e. The fourth-order valence-electron chi connectivity index (χ4n) is 9.27. The van der Waals surface area contributed by atoms with Gasteiger partial charge in [-0.1, -0.05) is 25.5 Å². The zero-order valence-electron chi connectivity index (χ0n) is 22.7. The molecule has 2 heterocycles. The lowest BCUT2D eigenvalue weighted by atomic mass is 9.45. The summed E-state index contributed by atoms with van der Waals surface area (Å²) in [6.07, 6.45) is 15.9. The maximum absolute atomic E-state index is 12.5. The van der Waals surface area contributed by atoms with Crippen molar-refractivity contribution in [1.82, 2.24) is 10.2 Å². The molecule has 5 aliphatic rings. The van der Waals surface area contributed by atoms with Crippen molar-refractivity contribution in [3.63, 3.8) is 0 Å². The van der Waals surface area contributed by atoms with Crippen LogP contribution in [0.4, 0.5) is 4.79 Å². The van der Waals surface area contributed by atoms with E-state index in [1.54, 1.807) is 17.9 Å². The number of hydrogen-bond donors (Lipinski definition) is 1. The van der Waals surface area contributed by atoms with Gasteiger partial charge in [-0.05, 0) is 123 Å². The van der Waals surface area contributed by atoms with Gasteiger partial charge in [0.05, 0.1) is 6.26 Å². The van der Waals surface area contributed by atoms with Crippen molar-refractivity contribution in [2.24, 2.45) is 28.6 Å². The lowest BCUT2D eigenvalue weighted by Crippen LogP contribution is -2.53. The van der Waals surface area contributed by atoms with Gasteiger partial charge in [0, 0.05) is 18.7 Å². The van der Waals surface area contributed by atoms with Crippen LogP contribution < -0.4 is 10.9 Å². The minimum atomic E-state index is -0.268. The Morgan fingerprint density at radius 2 is 1.97 bits per heavy atom. The van der Waals surface area contributed by atoms with Gasteiger partial charge < -0.3 is 14.5 Å². The lowest BCUT2D eigenvalue weighted by molar-refractivity contribution is -0.0592. The van der Waals surface area contributed by atoms with Gasteiger partial charge in [0.15, 0.2) is 0 Å². The highest BCUT2D eigenvalue weighted by molar-refractivity contribution is 5.67. The number of ether oxygens (including phenoxy) is 1. The molecule has 4 aliphatic carbocycles. The minimum absolute atomic E-state index is 0.169. The van der Waals surface area contributed by atoms with Crippen molar-refractivity contribution < 1.29 is 13.9 Å². The van der Waals surface area contributed by atoms with Crippen molar-refractivity contribution in [1.29, 1.82) is 0 Å². The van der Waals surface area contributed by atoms with E-state index < -0.39 is 0 Å². The molecule has 1 aromatic rings. The molecule has 0 spiro atoms. The average Bonchev–Trinajstić information content (AvgIpc) is 3.52. The molecule has 3 saturated carbocycles. The predicted octanol–water partition coefficient (Wildman–Crippen LogP) is 5.88. The number of likely N-dealkylation sites (tertiary alicyclic amines) is 1. The Morgan fingerprint density at radius 3 is 2.76 bits per heavy atom. The summed E-state index contributed by atoms with van der Waals surface area (Å²) in [6.45, 7) is 8.64. The van der Waals surface area contributed by atoms with Crippen molar-refractivity contribution in [3.8, 4) is 0 Å². The summed E-state index contributed by atoms with van der Waals surface area (Å²) in [4.78, 5) is 26.4. The highest BCUT2D eigenvalue weighted by atomic mass is 16.5. The fraction of sp³-hybridized carbons (Fsp3) is 0.742. The molecule has 6 nitrogen and oxygen atoms in total. The second-order valence-corrected chi connectivity index (χ2v) is 13.1. The van der Waals surface area contributed by atoms with E-state index in [1.807, 2.05) is 6.07 Å². The van der Waals surface area contributed by atoms with Gasteiger partial charge >= 0.3 is 11.7 Å². The van der Waals surface area contributed by atoms with Crippen LogP contribution in [0.15, 0.2) is 39.3 Å². The van der Waals surface area contributed by atoms with E-state index in [4.69, 9.17) is 9.15 Å². The van der Waals surface area contributed by atoms with E-state index in [9.17, 15) is 9.59 Å². The van der Waals surface area contributed by atoms with Gasteiger partial charge in [-0.15, -0.1) is 0 Å². The summed E-state index contributed by atoms with van der Waals surface area (Å²) in [7, 11) is 0. The molecule has 1 aliphatic heterocycles. The van der Waals surface area contributed by atoms with Crippen LogP contribution in [0.2, 0.25) is 0 Å². The van der Waals surface area contributed by atoms with E-state index in [0.29, 0.717) is 29.8 Å². The molecule has 1 N–H and O–H groups in total. The Morgan fingerprint density at radius 1 is 1.14 bits per heavy atom. The molecule has 6 rings (SSSR count). The Labute approximate surface area is 221 Å². The zero-order valence-corrected chi connectivity index (χ0v) is 22.7. The Hall–Kier alpha value is -2.08. The summed E-state index contributed by atoms with van der Waals surface area (Å²) in [5.74, 6) is 2.48. The van der Waals surface area contributed by atoms with Crippen molar-refractivity contribution >= 4 is 6.09 Å². The molecular formula is C31H44N2O4. The first kappa shape index (κ1) is 25.2. The Balaban J connectivity index is 1.07. The number of carbonyl (C=O) groups is 1. The van der Waals surface area contributed by atoms with Crippen molar-refractivity contribution in [2.75, 3.05) is 26.2 Å². The van der Waals surface area contributed by atoms with Crippen LogP contribution in [0.5, 0.6) is 0 Å². The molecule has 4 fully saturated rings. The van der Waals surface area contributed by atoms with Crippen LogP contribution in [-0.2, 0) is 4.74 Å². The number of fused-ring (bicyclic) bond motifs is 5. The summed E-state index contributed by atoms with van der Waals surface area (Å²) < 4.78 is 10.8. The van der Waals surface area contributed by atoms with Gasteiger partial charge in [0.1, 0.15) is 6.61 Å². The molecule has 202 valence electrons. The van der Waals surface area contributed by atoms with E-state index in [1.165, 1.54) is 50.5 Å². The lowest BCUT2D eigenvalue weighted by Gasteiger charge is -2.60. The molecule has 37 heavy (non-hydrogen) atoms. The second-order valence-electron chi connectivity index (χ2n) is 13.1. The summed E-state index contributed by atoms with van der Waals surface area (Å²) in [6, 6.07) is 3.80. The maximum Gasteiger partial charge on any atom is 0.407 e. The number of amides is 1. The summed E-state index contributed by atoms with van der Waals surface area (Å²) in [5.41, 5.74) is 3.10. The number of nitrogens with zero attached hydrogens (tertiary/aromatic N) is 1. The molecule has 1 saturated heterocycles. The first-order valence-corrected chi connectivity index (χ1v) is 14.8. The maximum atomic E-state index is 12.5. The smallest absolute Gasteiger partial charge is 0.407 e. The van der Waals surface area contributed by atoms with Gasteiger partial charge in [0.2, 0.25) is 0 Å². The minimum Gasteiger partial charge on any atom is -0.448 e. The number of nitrogens with one attached hydrogen (secondary N) is 1. The van der Waals surface area contributed by atoms with Gasteiger partial charge in [-0.2, -0.15) is 0 Å². The third kappa shape index (κ3) is 4.57. The third-order valence-electron chi connectivity index (χ3n) is 11.4.